The number of nitrogens with zero attached hydrogens (tertiary/aromatic N) is 1. The molecule has 1 aromatic rings. The third kappa shape index (κ3) is 1.75. The number of hydrogen-bond acceptors (Lipinski definition) is 4. The summed E-state index contributed by atoms with van der Waals surface area (Å²) in [6.45, 7) is 1.34. The summed E-state index contributed by atoms with van der Waals surface area (Å²) in [6, 6.07) is 1.28. The maximum Gasteiger partial charge on any atom is 0.328 e. The lowest BCUT2D eigenvalue weighted by molar-refractivity contribution is -0.143. The van der Waals surface area contributed by atoms with E-state index in [1.165, 1.54) is 25.4 Å². The van der Waals surface area contributed by atoms with Gasteiger partial charge in [-0.2, -0.15) is 0 Å². The van der Waals surface area contributed by atoms with Gasteiger partial charge in [-0.25, -0.2) is 4.79 Å². The predicted molar refractivity (Wildman–Crippen MR) is 45.1 cm³/mol. The van der Waals surface area contributed by atoms with Crippen LogP contribution in [0.2, 0.25) is 0 Å². The van der Waals surface area contributed by atoms with Crippen molar-refractivity contribution >= 4 is 5.97 Å². The van der Waals surface area contributed by atoms with E-state index in [4.69, 9.17) is 15.9 Å². The second kappa shape index (κ2) is 3.02. The Balaban J connectivity index is 3.14. The lowest BCUT2D eigenvalue weighted by Gasteiger charge is -2.18. The van der Waals surface area contributed by atoms with Crippen LogP contribution in [0, 0.1) is 0 Å². The molecule has 0 bridgehead atoms. The highest BCUT2D eigenvalue weighted by Crippen LogP contribution is 2.20. The van der Waals surface area contributed by atoms with Crippen LogP contribution in [0.15, 0.2) is 18.5 Å². The minimum absolute atomic E-state index is 0.101. The molecule has 4 N–H and O–H groups in total. The van der Waals surface area contributed by atoms with Gasteiger partial charge in [0, 0.05) is 11.8 Å². The van der Waals surface area contributed by atoms with Gasteiger partial charge in [0.25, 0.3) is 0 Å². The Morgan fingerprint density at radius 3 is 2.69 bits per heavy atom. The average molecular weight is 182 g/mol. The fourth-order valence-electron chi connectivity index (χ4n) is 0.835. The zero-order valence-corrected chi connectivity index (χ0v) is 7.06. The first-order chi connectivity index (χ1) is 5.94. The van der Waals surface area contributed by atoms with E-state index in [0.717, 1.165) is 0 Å². The summed E-state index contributed by atoms with van der Waals surface area (Å²) >= 11 is 0. The van der Waals surface area contributed by atoms with E-state index in [1.807, 2.05) is 0 Å². The molecule has 0 aliphatic carbocycles. The van der Waals surface area contributed by atoms with E-state index >= 15 is 0 Å². The summed E-state index contributed by atoms with van der Waals surface area (Å²) in [5, 5.41) is 17.8. The van der Waals surface area contributed by atoms with Crippen molar-refractivity contribution in [1.29, 1.82) is 0 Å². The topological polar surface area (TPSA) is 96.4 Å². The molecule has 0 amide bonds. The standard InChI is InChI=1S/C8H10N2O3/c1-8(9,7(12)13)5-2-6(11)4-10-3-5/h2-4,11H,9H2,1H3,(H,12,13). The highest BCUT2D eigenvalue weighted by atomic mass is 16.4. The first-order valence-electron chi connectivity index (χ1n) is 3.61. The lowest BCUT2D eigenvalue weighted by atomic mass is 9.95. The summed E-state index contributed by atoms with van der Waals surface area (Å²) in [5.41, 5.74) is 4.24. The molecule has 5 nitrogen and oxygen atoms in total. The molecule has 0 saturated heterocycles. The van der Waals surface area contributed by atoms with Crippen molar-refractivity contribution in [2.75, 3.05) is 0 Å². The molecule has 0 aliphatic heterocycles. The molecule has 0 saturated carbocycles. The third-order valence-electron chi connectivity index (χ3n) is 1.77. The van der Waals surface area contributed by atoms with Gasteiger partial charge >= 0.3 is 5.97 Å². The molecule has 1 atom stereocenters. The summed E-state index contributed by atoms with van der Waals surface area (Å²) in [4.78, 5) is 14.3. The van der Waals surface area contributed by atoms with E-state index in [9.17, 15) is 4.79 Å². The number of nitrogens with two attached hydrogens (primary N) is 1. The Morgan fingerprint density at radius 2 is 2.23 bits per heavy atom. The van der Waals surface area contributed by atoms with Gasteiger partial charge in [0.15, 0.2) is 0 Å². The number of aromatic nitrogens is 1. The van der Waals surface area contributed by atoms with Crippen LogP contribution < -0.4 is 5.73 Å². The highest BCUT2D eigenvalue weighted by Gasteiger charge is 2.30. The lowest BCUT2D eigenvalue weighted by Crippen LogP contribution is -2.41. The monoisotopic (exact) mass is 182 g/mol. The summed E-state index contributed by atoms with van der Waals surface area (Å²) in [6.07, 6.45) is 2.52. The molecule has 1 aromatic heterocycles. The van der Waals surface area contributed by atoms with Crippen LogP contribution in [-0.4, -0.2) is 21.2 Å². The average Bonchev–Trinajstić information content (AvgIpc) is 2.04. The van der Waals surface area contributed by atoms with E-state index in [1.54, 1.807) is 0 Å². The van der Waals surface area contributed by atoms with Gasteiger partial charge in [0.2, 0.25) is 0 Å². The van der Waals surface area contributed by atoms with Gasteiger partial charge in [-0.1, -0.05) is 0 Å². The maximum atomic E-state index is 10.7. The van der Waals surface area contributed by atoms with Crippen molar-refractivity contribution in [2.45, 2.75) is 12.5 Å². The van der Waals surface area contributed by atoms with Crippen molar-refractivity contribution in [2.24, 2.45) is 5.73 Å². The molecule has 1 unspecified atom stereocenters. The molecular formula is C8H10N2O3. The van der Waals surface area contributed by atoms with E-state index in [0.29, 0.717) is 0 Å². The Bertz CT molecular complexity index is 336. The fraction of sp³-hybridized carbons (Fsp3) is 0.250. The summed E-state index contributed by atoms with van der Waals surface area (Å²) < 4.78 is 0. The number of carboxylic acids is 1. The molecule has 0 aromatic carbocycles. The third-order valence-corrected chi connectivity index (χ3v) is 1.77. The molecule has 0 aliphatic rings. The van der Waals surface area contributed by atoms with Crippen molar-refractivity contribution in [1.82, 2.24) is 4.98 Å². The molecular weight excluding hydrogens is 172 g/mol. The fourth-order valence-corrected chi connectivity index (χ4v) is 0.835. The Kier molecular flexibility index (Phi) is 2.20. The quantitative estimate of drug-likeness (QED) is 0.600. The van der Waals surface area contributed by atoms with Gasteiger partial charge < -0.3 is 15.9 Å². The van der Waals surface area contributed by atoms with Crippen LogP contribution >= 0.6 is 0 Å². The summed E-state index contributed by atoms with van der Waals surface area (Å²) in [5.74, 6) is -1.27. The summed E-state index contributed by atoms with van der Waals surface area (Å²) in [7, 11) is 0. The van der Waals surface area contributed by atoms with E-state index < -0.39 is 11.5 Å². The molecule has 0 spiro atoms. The molecule has 5 heteroatoms. The Labute approximate surface area is 74.8 Å². The van der Waals surface area contributed by atoms with Crippen LogP contribution in [0.1, 0.15) is 12.5 Å². The Morgan fingerprint density at radius 1 is 1.62 bits per heavy atom. The molecule has 0 radical (unpaired) electrons. The number of pyridine rings is 1. The number of carboxylic acid groups (broad SMARTS) is 1. The molecule has 1 heterocycles. The van der Waals surface area contributed by atoms with Crippen molar-refractivity contribution in [3.8, 4) is 5.75 Å². The van der Waals surface area contributed by atoms with Crippen LogP contribution in [0.25, 0.3) is 0 Å². The number of aliphatic carboxylic acids is 1. The van der Waals surface area contributed by atoms with Gasteiger partial charge in [0.1, 0.15) is 11.3 Å². The van der Waals surface area contributed by atoms with Crippen molar-refractivity contribution in [3.05, 3.63) is 24.0 Å². The largest absolute Gasteiger partial charge is 0.506 e. The molecule has 70 valence electrons. The SMILES string of the molecule is CC(N)(C(=O)O)c1cncc(O)c1. The normalized spacial score (nSPS) is 14.9. The first kappa shape index (κ1) is 9.47. The smallest absolute Gasteiger partial charge is 0.328 e. The minimum atomic E-state index is -1.52. The number of aromatic hydroxyl groups is 1. The molecule has 0 fully saturated rings. The second-order valence-electron chi connectivity index (χ2n) is 2.94. The van der Waals surface area contributed by atoms with Crippen LogP contribution in [0.5, 0.6) is 5.75 Å². The van der Waals surface area contributed by atoms with Gasteiger partial charge in [0.05, 0.1) is 6.20 Å². The number of hydrogen-bond donors (Lipinski definition) is 3. The number of carbonyl (C=O) groups is 1. The van der Waals surface area contributed by atoms with Crippen LogP contribution in [-0.2, 0) is 10.3 Å². The van der Waals surface area contributed by atoms with Gasteiger partial charge in [-0.3, -0.25) is 4.98 Å². The second-order valence-corrected chi connectivity index (χ2v) is 2.94. The van der Waals surface area contributed by atoms with Crippen LogP contribution in [0.4, 0.5) is 0 Å². The van der Waals surface area contributed by atoms with Crippen LogP contribution in [0.3, 0.4) is 0 Å². The van der Waals surface area contributed by atoms with Gasteiger partial charge in [-0.05, 0) is 13.0 Å². The number of rotatable bonds is 2. The minimum Gasteiger partial charge on any atom is -0.506 e. The van der Waals surface area contributed by atoms with Gasteiger partial charge in [-0.15, -0.1) is 0 Å². The van der Waals surface area contributed by atoms with Crippen molar-refractivity contribution < 1.29 is 15.0 Å². The zero-order chi connectivity index (χ0) is 10.1. The molecule has 1 rings (SSSR count). The van der Waals surface area contributed by atoms with Crippen molar-refractivity contribution in [3.63, 3.8) is 0 Å². The van der Waals surface area contributed by atoms with E-state index in [2.05, 4.69) is 4.98 Å². The predicted octanol–water partition coefficient (Wildman–Crippen LogP) is 0.0457. The highest BCUT2D eigenvalue weighted by molar-refractivity contribution is 5.79. The van der Waals surface area contributed by atoms with E-state index in [-0.39, 0.29) is 11.3 Å². The zero-order valence-electron chi connectivity index (χ0n) is 7.06. The Hall–Kier alpha value is -1.62. The first-order valence-corrected chi connectivity index (χ1v) is 3.61. The molecule has 13 heavy (non-hydrogen) atoms. The maximum absolute atomic E-state index is 10.7.